The molecule has 1 N–H and O–H groups in total. The molecule has 1 fully saturated rings. The lowest BCUT2D eigenvalue weighted by Crippen LogP contribution is -2.19. The van der Waals surface area contributed by atoms with Crippen LogP contribution in [0, 0.1) is 0 Å². The number of hydrazone groups is 1. The third-order valence-electron chi connectivity index (χ3n) is 3.92. The summed E-state index contributed by atoms with van der Waals surface area (Å²) in [5.41, 5.74) is 5.00. The number of benzene rings is 2. The predicted molar refractivity (Wildman–Crippen MR) is 99.4 cm³/mol. The van der Waals surface area contributed by atoms with Crippen LogP contribution in [-0.4, -0.2) is 25.2 Å². The fraction of sp³-hybridized carbons (Fsp3) is 0.222. The Labute approximate surface area is 151 Å². The fourth-order valence-corrected chi connectivity index (χ4v) is 2.93. The first-order valence-electron chi connectivity index (χ1n) is 7.77. The van der Waals surface area contributed by atoms with Crippen LogP contribution < -0.4 is 10.3 Å². The molecular formula is C18H17Cl2N3O. The zero-order chi connectivity index (χ0) is 16.9. The van der Waals surface area contributed by atoms with Gasteiger partial charge in [-0.1, -0.05) is 29.3 Å². The first-order valence-corrected chi connectivity index (χ1v) is 8.52. The summed E-state index contributed by atoms with van der Waals surface area (Å²) in [6.07, 6.45) is 3.98. The molecule has 4 nitrogen and oxygen atoms in total. The van der Waals surface area contributed by atoms with E-state index in [2.05, 4.69) is 15.4 Å². The van der Waals surface area contributed by atoms with Crippen LogP contribution in [0.1, 0.15) is 28.8 Å². The summed E-state index contributed by atoms with van der Waals surface area (Å²) in [6, 6.07) is 12.7. The fourth-order valence-electron chi connectivity index (χ4n) is 2.62. The number of nitrogens with one attached hydrogen (secondary N) is 1. The van der Waals surface area contributed by atoms with E-state index in [0.717, 1.165) is 24.3 Å². The van der Waals surface area contributed by atoms with Gasteiger partial charge in [0.05, 0.1) is 16.3 Å². The number of anilines is 1. The van der Waals surface area contributed by atoms with Crippen molar-refractivity contribution in [1.82, 2.24) is 5.43 Å². The molecule has 2 aromatic rings. The molecule has 0 unspecified atom stereocenters. The van der Waals surface area contributed by atoms with Gasteiger partial charge in [0.1, 0.15) is 0 Å². The third kappa shape index (κ3) is 4.08. The van der Waals surface area contributed by atoms with Gasteiger partial charge in [-0.25, -0.2) is 5.43 Å². The summed E-state index contributed by atoms with van der Waals surface area (Å²) >= 11 is 11.8. The SMILES string of the molecule is O=C(N/N=C\c1ccc(Cl)c(Cl)c1)c1ccc(N2CCCC2)cc1. The Hall–Kier alpha value is -2.04. The topological polar surface area (TPSA) is 44.7 Å². The molecule has 0 radical (unpaired) electrons. The highest BCUT2D eigenvalue weighted by Gasteiger charge is 2.12. The number of amides is 1. The maximum Gasteiger partial charge on any atom is 0.271 e. The van der Waals surface area contributed by atoms with E-state index < -0.39 is 0 Å². The van der Waals surface area contributed by atoms with E-state index in [1.165, 1.54) is 19.1 Å². The average Bonchev–Trinajstić information content (AvgIpc) is 3.13. The average molecular weight is 362 g/mol. The van der Waals surface area contributed by atoms with Crippen molar-refractivity contribution in [2.75, 3.05) is 18.0 Å². The number of hydrogen-bond acceptors (Lipinski definition) is 3. The summed E-state index contributed by atoms with van der Waals surface area (Å²) in [5.74, 6) is -0.251. The Kier molecular flexibility index (Phi) is 5.38. The minimum atomic E-state index is -0.251. The second kappa shape index (κ2) is 7.69. The first kappa shape index (κ1) is 16.8. The van der Waals surface area contributed by atoms with Gasteiger partial charge < -0.3 is 4.90 Å². The molecule has 1 aliphatic rings. The van der Waals surface area contributed by atoms with Crippen molar-refractivity contribution in [2.45, 2.75) is 12.8 Å². The second-order valence-electron chi connectivity index (χ2n) is 5.61. The van der Waals surface area contributed by atoms with Crippen molar-refractivity contribution in [2.24, 2.45) is 5.10 Å². The van der Waals surface area contributed by atoms with Crippen LogP contribution in [0.4, 0.5) is 5.69 Å². The summed E-state index contributed by atoms with van der Waals surface area (Å²) in [4.78, 5) is 14.4. The minimum absolute atomic E-state index is 0.251. The van der Waals surface area contributed by atoms with Gasteiger partial charge in [-0.15, -0.1) is 0 Å². The normalized spacial score (nSPS) is 14.3. The van der Waals surface area contributed by atoms with E-state index in [9.17, 15) is 4.79 Å². The monoisotopic (exact) mass is 361 g/mol. The lowest BCUT2D eigenvalue weighted by Gasteiger charge is -2.17. The molecule has 2 aromatic carbocycles. The Morgan fingerprint density at radius 1 is 1.04 bits per heavy atom. The number of nitrogens with zero attached hydrogens (tertiary/aromatic N) is 2. The zero-order valence-electron chi connectivity index (χ0n) is 13.0. The van der Waals surface area contributed by atoms with Gasteiger partial charge >= 0.3 is 0 Å². The van der Waals surface area contributed by atoms with E-state index in [0.29, 0.717) is 15.6 Å². The van der Waals surface area contributed by atoms with Crippen molar-refractivity contribution in [3.63, 3.8) is 0 Å². The molecule has 124 valence electrons. The van der Waals surface area contributed by atoms with Gasteiger partial charge in [0.15, 0.2) is 0 Å². The van der Waals surface area contributed by atoms with Crippen LogP contribution >= 0.6 is 23.2 Å². The van der Waals surface area contributed by atoms with E-state index in [1.807, 2.05) is 24.3 Å². The van der Waals surface area contributed by atoms with Gasteiger partial charge in [-0.3, -0.25) is 4.79 Å². The number of carbonyl (C=O) groups is 1. The van der Waals surface area contributed by atoms with E-state index in [4.69, 9.17) is 23.2 Å². The predicted octanol–water partition coefficient (Wildman–Crippen LogP) is 4.36. The number of hydrogen-bond donors (Lipinski definition) is 1. The standard InChI is InChI=1S/C18H17Cl2N3O/c19-16-8-3-13(11-17(16)20)12-21-22-18(24)14-4-6-15(7-5-14)23-9-1-2-10-23/h3-8,11-12H,1-2,9-10H2,(H,22,24)/b21-12-. The van der Waals surface area contributed by atoms with Gasteiger partial charge in [0.25, 0.3) is 5.91 Å². The van der Waals surface area contributed by atoms with Gasteiger partial charge in [-0.05, 0) is 54.8 Å². The minimum Gasteiger partial charge on any atom is -0.372 e. The van der Waals surface area contributed by atoms with E-state index >= 15 is 0 Å². The van der Waals surface area contributed by atoms with Crippen LogP contribution in [0.25, 0.3) is 0 Å². The number of carbonyl (C=O) groups excluding carboxylic acids is 1. The molecule has 0 bridgehead atoms. The molecule has 1 amide bonds. The molecule has 3 rings (SSSR count). The van der Waals surface area contributed by atoms with Crippen LogP contribution in [0.3, 0.4) is 0 Å². The molecule has 0 aliphatic carbocycles. The van der Waals surface area contributed by atoms with Crippen molar-refractivity contribution < 1.29 is 4.79 Å². The Morgan fingerprint density at radius 2 is 1.75 bits per heavy atom. The highest BCUT2D eigenvalue weighted by Crippen LogP contribution is 2.22. The van der Waals surface area contributed by atoms with E-state index in [-0.39, 0.29) is 5.91 Å². The Balaban J connectivity index is 1.60. The number of rotatable bonds is 4. The summed E-state index contributed by atoms with van der Waals surface area (Å²) in [5, 5.41) is 4.88. The quantitative estimate of drug-likeness (QED) is 0.649. The molecule has 1 aliphatic heterocycles. The van der Waals surface area contributed by atoms with Crippen LogP contribution in [0.15, 0.2) is 47.6 Å². The zero-order valence-corrected chi connectivity index (χ0v) is 14.5. The van der Waals surface area contributed by atoms with Crippen molar-refractivity contribution in [1.29, 1.82) is 0 Å². The Bertz CT molecular complexity index is 753. The molecule has 24 heavy (non-hydrogen) atoms. The molecule has 6 heteroatoms. The smallest absolute Gasteiger partial charge is 0.271 e. The lowest BCUT2D eigenvalue weighted by atomic mass is 10.2. The highest BCUT2D eigenvalue weighted by atomic mass is 35.5. The van der Waals surface area contributed by atoms with Crippen molar-refractivity contribution in [3.05, 3.63) is 63.6 Å². The van der Waals surface area contributed by atoms with Crippen LogP contribution in [0.2, 0.25) is 10.0 Å². The highest BCUT2D eigenvalue weighted by molar-refractivity contribution is 6.42. The molecule has 0 atom stereocenters. The maximum atomic E-state index is 12.1. The van der Waals surface area contributed by atoms with E-state index in [1.54, 1.807) is 18.2 Å². The van der Waals surface area contributed by atoms with Crippen molar-refractivity contribution in [3.8, 4) is 0 Å². The molecule has 0 aromatic heterocycles. The van der Waals surface area contributed by atoms with Crippen LogP contribution in [-0.2, 0) is 0 Å². The van der Waals surface area contributed by atoms with Gasteiger partial charge in [0, 0.05) is 24.3 Å². The number of halogens is 2. The summed E-state index contributed by atoms with van der Waals surface area (Å²) in [7, 11) is 0. The first-order chi connectivity index (χ1) is 11.6. The van der Waals surface area contributed by atoms with Crippen molar-refractivity contribution >= 4 is 41.0 Å². The van der Waals surface area contributed by atoms with Gasteiger partial charge in [0.2, 0.25) is 0 Å². The summed E-state index contributed by atoms with van der Waals surface area (Å²) < 4.78 is 0. The second-order valence-corrected chi connectivity index (χ2v) is 6.43. The molecule has 1 heterocycles. The molecule has 0 saturated carbocycles. The van der Waals surface area contributed by atoms with Crippen LogP contribution in [0.5, 0.6) is 0 Å². The molecular weight excluding hydrogens is 345 g/mol. The molecule has 0 spiro atoms. The maximum absolute atomic E-state index is 12.1. The van der Waals surface area contributed by atoms with Gasteiger partial charge in [-0.2, -0.15) is 5.10 Å². The Morgan fingerprint density at radius 3 is 2.42 bits per heavy atom. The lowest BCUT2D eigenvalue weighted by molar-refractivity contribution is 0.0955. The summed E-state index contributed by atoms with van der Waals surface area (Å²) in [6.45, 7) is 2.17. The molecule has 1 saturated heterocycles. The largest absolute Gasteiger partial charge is 0.372 e. The third-order valence-corrected chi connectivity index (χ3v) is 4.66.